The van der Waals surface area contributed by atoms with E-state index in [1.807, 2.05) is 6.07 Å². The van der Waals surface area contributed by atoms with Crippen LogP contribution < -0.4 is 0 Å². The van der Waals surface area contributed by atoms with Crippen molar-refractivity contribution >= 4 is 34.2 Å². The number of alkyl halides is 3. The summed E-state index contributed by atoms with van der Waals surface area (Å²) < 4.78 is 41.0. The van der Waals surface area contributed by atoms with Crippen LogP contribution in [0.15, 0.2) is 30.3 Å². The lowest BCUT2D eigenvalue weighted by Crippen LogP contribution is -2.15. The van der Waals surface area contributed by atoms with E-state index in [0.29, 0.717) is 0 Å². The van der Waals surface area contributed by atoms with E-state index in [1.165, 1.54) is 30.3 Å². The molecule has 0 saturated heterocycles. The molecular weight excluding hydrogens is 378 g/mol. The molecule has 0 radical (unpaired) electrons. The van der Waals surface area contributed by atoms with Crippen LogP contribution in [0.2, 0.25) is 10.0 Å². The Bertz CT molecular complexity index is 1020. The third-order valence-corrected chi connectivity index (χ3v) is 4.23. The largest absolute Gasteiger partial charge is 0.506 e. The van der Waals surface area contributed by atoms with Gasteiger partial charge in [0.15, 0.2) is 0 Å². The quantitative estimate of drug-likeness (QED) is 0.675. The average molecular weight is 386 g/mol. The molecule has 0 aliphatic heterocycles. The van der Waals surface area contributed by atoms with Crippen molar-refractivity contribution in [3.8, 4) is 11.8 Å². The molecule has 9 heteroatoms. The third kappa shape index (κ3) is 3.23. The van der Waals surface area contributed by atoms with Gasteiger partial charge in [-0.1, -0.05) is 23.2 Å². The van der Waals surface area contributed by atoms with Gasteiger partial charge in [-0.2, -0.15) is 18.4 Å². The van der Waals surface area contributed by atoms with Crippen LogP contribution in [0, 0.1) is 11.3 Å². The number of hydrogen-bond donors (Lipinski definition) is 1. The maximum absolute atomic E-state index is 13.4. The van der Waals surface area contributed by atoms with Crippen molar-refractivity contribution in [2.45, 2.75) is 12.7 Å². The standard InChI is InChI=1S/C16H8Cl2F3N3O/c17-10-5-11(18)14(25)4-9(10)7-24-13-3-8(6-22)1-2-12(13)23-15(24)16(19,20)21/h1-5,25H,7H2. The Kier molecular flexibility index (Phi) is 4.27. The second kappa shape index (κ2) is 6.14. The second-order valence-corrected chi connectivity index (χ2v) is 6.04. The first-order chi connectivity index (χ1) is 11.7. The van der Waals surface area contributed by atoms with Crippen molar-refractivity contribution in [1.29, 1.82) is 5.26 Å². The fourth-order valence-electron chi connectivity index (χ4n) is 2.44. The summed E-state index contributed by atoms with van der Waals surface area (Å²) in [7, 11) is 0. The molecule has 3 rings (SSSR count). The molecular formula is C16H8Cl2F3N3O. The number of aromatic nitrogens is 2. The number of imidazole rings is 1. The predicted molar refractivity (Wildman–Crippen MR) is 86.7 cm³/mol. The monoisotopic (exact) mass is 385 g/mol. The normalized spacial score (nSPS) is 11.7. The van der Waals surface area contributed by atoms with Gasteiger partial charge in [0.1, 0.15) is 5.75 Å². The van der Waals surface area contributed by atoms with Gasteiger partial charge in [0.05, 0.1) is 34.2 Å². The lowest BCUT2D eigenvalue weighted by atomic mass is 10.2. The number of phenols is 1. The van der Waals surface area contributed by atoms with E-state index in [4.69, 9.17) is 28.5 Å². The van der Waals surface area contributed by atoms with E-state index in [2.05, 4.69) is 4.98 Å². The van der Waals surface area contributed by atoms with Crippen molar-refractivity contribution in [3.63, 3.8) is 0 Å². The Balaban J connectivity index is 2.23. The minimum Gasteiger partial charge on any atom is -0.506 e. The molecule has 0 aliphatic carbocycles. The number of phenolic OH excluding ortho intramolecular Hbond substituents is 1. The molecule has 1 aromatic heterocycles. The molecule has 2 aromatic carbocycles. The van der Waals surface area contributed by atoms with E-state index < -0.39 is 12.0 Å². The van der Waals surface area contributed by atoms with Crippen LogP contribution in [-0.2, 0) is 12.7 Å². The number of hydrogen-bond acceptors (Lipinski definition) is 3. The topological polar surface area (TPSA) is 61.8 Å². The van der Waals surface area contributed by atoms with E-state index >= 15 is 0 Å². The van der Waals surface area contributed by atoms with Crippen LogP contribution in [-0.4, -0.2) is 14.7 Å². The van der Waals surface area contributed by atoms with E-state index in [0.717, 1.165) is 4.57 Å². The Hall–Kier alpha value is -2.43. The van der Waals surface area contributed by atoms with Crippen LogP contribution in [0.3, 0.4) is 0 Å². The van der Waals surface area contributed by atoms with Crippen LogP contribution in [0.5, 0.6) is 5.75 Å². The minimum atomic E-state index is -4.70. The number of benzene rings is 2. The minimum absolute atomic E-state index is 0.00736. The molecule has 0 amide bonds. The highest BCUT2D eigenvalue weighted by Gasteiger charge is 2.37. The molecule has 1 N–H and O–H groups in total. The summed E-state index contributed by atoms with van der Waals surface area (Å²) in [5, 5.41) is 18.8. The number of halogens is 5. The zero-order chi connectivity index (χ0) is 18.4. The van der Waals surface area contributed by atoms with Gasteiger partial charge < -0.3 is 9.67 Å². The SMILES string of the molecule is N#Cc1ccc2nc(C(F)(F)F)n(Cc3cc(O)c(Cl)cc3Cl)c2c1. The molecule has 3 aromatic rings. The number of nitrogens with zero attached hydrogens (tertiary/aromatic N) is 3. The van der Waals surface area contributed by atoms with E-state index in [-0.39, 0.29) is 44.5 Å². The molecule has 0 fully saturated rings. The average Bonchev–Trinajstić information content (AvgIpc) is 2.90. The molecule has 0 saturated carbocycles. The highest BCUT2D eigenvalue weighted by molar-refractivity contribution is 6.35. The molecule has 0 unspecified atom stereocenters. The summed E-state index contributed by atoms with van der Waals surface area (Å²) in [6.45, 7) is -0.302. The highest BCUT2D eigenvalue weighted by Crippen LogP contribution is 2.35. The molecule has 25 heavy (non-hydrogen) atoms. The number of aromatic hydroxyl groups is 1. The molecule has 1 heterocycles. The smallest absolute Gasteiger partial charge is 0.449 e. The molecule has 0 spiro atoms. The Morgan fingerprint density at radius 2 is 1.88 bits per heavy atom. The Morgan fingerprint density at radius 1 is 1.16 bits per heavy atom. The maximum Gasteiger partial charge on any atom is 0.449 e. The van der Waals surface area contributed by atoms with Gasteiger partial charge in [0, 0.05) is 5.02 Å². The van der Waals surface area contributed by atoms with Gasteiger partial charge in [-0.3, -0.25) is 0 Å². The zero-order valence-corrected chi connectivity index (χ0v) is 13.8. The first kappa shape index (κ1) is 17.4. The molecule has 0 aliphatic rings. The van der Waals surface area contributed by atoms with Crippen molar-refractivity contribution in [3.05, 3.63) is 57.3 Å². The number of fused-ring (bicyclic) bond motifs is 1. The van der Waals surface area contributed by atoms with Crippen molar-refractivity contribution in [2.75, 3.05) is 0 Å². The Morgan fingerprint density at radius 3 is 2.52 bits per heavy atom. The molecule has 128 valence electrons. The lowest BCUT2D eigenvalue weighted by Gasteiger charge is -2.13. The van der Waals surface area contributed by atoms with Crippen LogP contribution >= 0.6 is 23.2 Å². The van der Waals surface area contributed by atoms with Crippen molar-refractivity contribution in [1.82, 2.24) is 9.55 Å². The molecule has 4 nitrogen and oxygen atoms in total. The third-order valence-electron chi connectivity index (χ3n) is 3.58. The summed E-state index contributed by atoms with van der Waals surface area (Å²) in [5.74, 6) is -1.42. The maximum atomic E-state index is 13.4. The van der Waals surface area contributed by atoms with E-state index in [1.54, 1.807) is 0 Å². The summed E-state index contributed by atoms with van der Waals surface area (Å²) in [4.78, 5) is 3.62. The van der Waals surface area contributed by atoms with Gasteiger partial charge in [0.25, 0.3) is 0 Å². The summed E-state index contributed by atoms with van der Waals surface area (Å²) in [5.41, 5.74) is 0.667. The predicted octanol–water partition coefficient (Wildman–Crippen LogP) is 4.99. The highest BCUT2D eigenvalue weighted by atomic mass is 35.5. The van der Waals surface area contributed by atoms with Crippen LogP contribution in [0.25, 0.3) is 11.0 Å². The lowest BCUT2D eigenvalue weighted by molar-refractivity contribution is -0.146. The van der Waals surface area contributed by atoms with Crippen molar-refractivity contribution < 1.29 is 18.3 Å². The number of rotatable bonds is 2. The second-order valence-electron chi connectivity index (χ2n) is 5.23. The first-order valence-electron chi connectivity index (χ1n) is 6.85. The van der Waals surface area contributed by atoms with Crippen LogP contribution in [0.4, 0.5) is 13.2 Å². The van der Waals surface area contributed by atoms with Gasteiger partial charge in [-0.05, 0) is 35.9 Å². The number of nitriles is 1. The van der Waals surface area contributed by atoms with Crippen molar-refractivity contribution in [2.24, 2.45) is 0 Å². The van der Waals surface area contributed by atoms with Gasteiger partial charge in [-0.25, -0.2) is 4.98 Å². The molecule has 0 bridgehead atoms. The summed E-state index contributed by atoms with van der Waals surface area (Å²) in [6.07, 6.45) is -4.70. The summed E-state index contributed by atoms with van der Waals surface area (Å²) >= 11 is 11.8. The fraction of sp³-hybridized carbons (Fsp3) is 0.125. The van der Waals surface area contributed by atoms with Gasteiger partial charge in [-0.15, -0.1) is 0 Å². The van der Waals surface area contributed by atoms with E-state index in [9.17, 15) is 18.3 Å². The first-order valence-corrected chi connectivity index (χ1v) is 7.60. The van der Waals surface area contributed by atoms with Gasteiger partial charge in [0.2, 0.25) is 5.82 Å². The van der Waals surface area contributed by atoms with Crippen LogP contribution in [0.1, 0.15) is 17.0 Å². The fourth-order valence-corrected chi connectivity index (χ4v) is 2.88. The van der Waals surface area contributed by atoms with Gasteiger partial charge >= 0.3 is 6.18 Å². The zero-order valence-electron chi connectivity index (χ0n) is 12.3. The molecule has 0 atom stereocenters. The Labute approximate surface area is 149 Å². The summed E-state index contributed by atoms with van der Waals surface area (Å²) in [6, 6.07) is 8.39.